The van der Waals surface area contributed by atoms with Crippen LogP contribution in [0.25, 0.3) is 0 Å². The Hall–Kier alpha value is -1.35. The lowest BCUT2D eigenvalue weighted by Gasteiger charge is -2.41. The molecule has 0 aromatic heterocycles. The van der Waals surface area contributed by atoms with Gasteiger partial charge in [-0.25, -0.2) is 0 Å². The Morgan fingerprint density at radius 1 is 1.20 bits per heavy atom. The van der Waals surface area contributed by atoms with Crippen LogP contribution >= 0.6 is 0 Å². The largest absolute Gasteiger partial charge is 0.481 e. The van der Waals surface area contributed by atoms with Crippen molar-refractivity contribution in [1.82, 2.24) is 4.90 Å². The van der Waals surface area contributed by atoms with Crippen LogP contribution in [0.4, 0.5) is 0 Å². The second-order valence-electron chi connectivity index (χ2n) is 5.70. The number of carboxylic acid groups (broad SMARTS) is 1. The SMILES string of the molecule is CCc1ccc(C(CC)(CC(=O)O)N2CCCC2)cc1. The summed E-state index contributed by atoms with van der Waals surface area (Å²) in [7, 11) is 0. The minimum atomic E-state index is -0.710. The van der Waals surface area contributed by atoms with Gasteiger partial charge in [-0.3, -0.25) is 9.69 Å². The van der Waals surface area contributed by atoms with Crippen LogP contribution < -0.4 is 0 Å². The summed E-state index contributed by atoms with van der Waals surface area (Å²) in [6.45, 7) is 6.27. The van der Waals surface area contributed by atoms with Gasteiger partial charge in [-0.1, -0.05) is 38.1 Å². The van der Waals surface area contributed by atoms with Gasteiger partial charge in [-0.05, 0) is 49.9 Å². The van der Waals surface area contributed by atoms with E-state index in [0.29, 0.717) is 0 Å². The Balaban J connectivity index is 2.39. The number of hydrogen-bond acceptors (Lipinski definition) is 2. The molecule has 0 aliphatic carbocycles. The molecule has 3 nitrogen and oxygen atoms in total. The van der Waals surface area contributed by atoms with Crippen molar-refractivity contribution in [2.75, 3.05) is 13.1 Å². The van der Waals surface area contributed by atoms with Gasteiger partial charge in [0.05, 0.1) is 12.0 Å². The molecule has 0 amide bonds. The summed E-state index contributed by atoms with van der Waals surface area (Å²) in [5.41, 5.74) is 2.12. The minimum Gasteiger partial charge on any atom is -0.481 e. The van der Waals surface area contributed by atoms with Gasteiger partial charge in [0.2, 0.25) is 0 Å². The number of likely N-dealkylation sites (tertiary alicyclic amines) is 1. The number of rotatable bonds is 6. The van der Waals surface area contributed by atoms with Crippen molar-refractivity contribution in [2.24, 2.45) is 0 Å². The highest BCUT2D eigenvalue weighted by molar-refractivity contribution is 5.69. The van der Waals surface area contributed by atoms with E-state index in [1.54, 1.807) is 0 Å². The number of aliphatic carboxylic acids is 1. The Labute approximate surface area is 121 Å². The van der Waals surface area contributed by atoms with Gasteiger partial charge in [-0.2, -0.15) is 0 Å². The molecule has 3 heteroatoms. The Bertz CT molecular complexity index is 449. The van der Waals surface area contributed by atoms with Gasteiger partial charge in [-0.15, -0.1) is 0 Å². The molecule has 0 bridgehead atoms. The maximum absolute atomic E-state index is 11.4. The summed E-state index contributed by atoms with van der Waals surface area (Å²) in [6.07, 6.45) is 4.39. The molecule has 1 saturated heterocycles. The lowest BCUT2D eigenvalue weighted by atomic mass is 9.82. The van der Waals surface area contributed by atoms with Crippen molar-refractivity contribution in [1.29, 1.82) is 0 Å². The highest BCUT2D eigenvalue weighted by Crippen LogP contribution is 2.38. The monoisotopic (exact) mass is 275 g/mol. The third kappa shape index (κ3) is 2.88. The fourth-order valence-corrected chi connectivity index (χ4v) is 3.40. The standard InChI is InChI=1S/C17H25NO2/c1-3-14-7-9-15(10-8-14)17(4-2,13-16(19)20)18-11-5-6-12-18/h7-10H,3-6,11-13H2,1-2H3,(H,19,20). The molecule has 1 aliphatic rings. The molecule has 1 fully saturated rings. The maximum Gasteiger partial charge on any atom is 0.305 e. The topological polar surface area (TPSA) is 40.5 Å². The number of hydrogen-bond donors (Lipinski definition) is 1. The number of benzene rings is 1. The van der Waals surface area contributed by atoms with E-state index in [1.165, 1.54) is 18.4 Å². The van der Waals surface area contributed by atoms with Gasteiger partial charge < -0.3 is 5.11 Å². The van der Waals surface area contributed by atoms with E-state index < -0.39 is 5.97 Å². The lowest BCUT2D eigenvalue weighted by Crippen LogP contribution is -2.45. The van der Waals surface area contributed by atoms with E-state index in [4.69, 9.17) is 0 Å². The highest BCUT2D eigenvalue weighted by Gasteiger charge is 2.40. The van der Waals surface area contributed by atoms with Crippen molar-refractivity contribution in [3.63, 3.8) is 0 Å². The molecule has 0 saturated carbocycles. The van der Waals surface area contributed by atoms with Gasteiger partial charge >= 0.3 is 5.97 Å². The molecule has 1 unspecified atom stereocenters. The predicted molar refractivity (Wildman–Crippen MR) is 80.8 cm³/mol. The molecule has 1 N–H and O–H groups in total. The zero-order valence-electron chi connectivity index (χ0n) is 12.6. The van der Waals surface area contributed by atoms with E-state index in [1.807, 2.05) is 0 Å². The summed E-state index contributed by atoms with van der Waals surface area (Å²) in [5.74, 6) is -0.710. The molecule has 20 heavy (non-hydrogen) atoms. The zero-order valence-corrected chi connectivity index (χ0v) is 12.6. The molecule has 0 spiro atoms. The van der Waals surface area contributed by atoms with Crippen molar-refractivity contribution >= 4 is 5.97 Å². The summed E-state index contributed by atoms with van der Waals surface area (Å²) in [6, 6.07) is 8.53. The third-order valence-corrected chi connectivity index (χ3v) is 4.64. The first kappa shape index (κ1) is 15.0. The molecular formula is C17H25NO2. The Morgan fingerprint density at radius 3 is 2.25 bits per heavy atom. The molecule has 1 atom stereocenters. The predicted octanol–water partition coefficient (Wildman–Crippen LogP) is 3.42. The van der Waals surface area contributed by atoms with E-state index in [2.05, 4.69) is 43.0 Å². The van der Waals surface area contributed by atoms with E-state index >= 15 is 0 Å². The molecule has 1 aromatic carbocycles. The second kappa shape index (κ2) is 6.40. The fraction of sp³-hybridized carbons (Fsp3) is 0.588. The second-order valence-corrected chi connectivity index (χ2v) is 5.70. The first-order chi connectivity index (χ1) is 9.62. The van der Waals surface area contributed by atoms with Crippen molar-refractivity contribution in [3.05, 3.63) is 35.4 Å². The molecule has 1 aromatic rings. The third-order valence-electron chi connectivity index (χ3n) is 4.64. The van der Waals surface area contributed by atoms with Crippen LogP contribution in [0.2, 0.25) is 0 Å². The highest BCUT2D eigenvalue weighted by atomic mass is 16.4. The summed E-state index contributed by atoms with van der Waals surface area (Å²) in [5, 5.41) is 9.38. The van der Waals surface area contributed by atoms with Crippen molar-refractivity contribution in [3.8, 4) is 0 Å². The number of carbonyl (C=O) groups is 1. The zero-order chi connectivity index (χ0) is 14.6. The van der Waals surface area contributed by atoms with Crippen LogP contribution in [0, 0.1) is 0 Å². The van der Waals surface area contributed by atoms with Gasteiger partial charge in [0.25, 0.3) is 0 Å². The average Bonchev–Trinajstić information content (AvgIpc) is 2.99. The van der Waals surface area contributed by atoms with Gasteiger partial charge in [0.15, 0.2) is 0 Å². The van der Waals surface area contributed by atoms with Crippen LogP contribution in [0.15, 0.2) is 24.3 Å². The first-order valence-electron chi connectivity index (χ1n) is 7.68. The minimum absolute atomic E-state index is 0.189. The quantitative estimate of drug-likeness (QED) is 0.864. The van der Waals surface area contributed by atoms with Crippen molar-refractivity contribution < 1.29 is 9.90 Å². The van der Waals surface area contributed by atoms with Crippen LogP contribution in [-0.2, 0) is 16.8 Å². The van der Waals surface area contributed by atoms with E-state index in [-0.39, 0.29) is 12.0 Å². The number of aryl methyl sites for hydroxylation is 1. The Morgan fingerprint density at radius 2 is 1.80 bits per heavy atom. The van der Waals surface area contributed by atoms with Gasteiger partial charge in [0, 0.05) is 0 Å². The molecule has 1 aliphatic heterocycles. The van der Waals surface area contributed by atoms with Crippen LogP contribution in [0.5, 0.6) is 0 Å². The first-order valence-corrected chi connectivity index (χ1v) is 7.68. The summed E-state index contributed by atoms with van der Waals surface area (Å²) >= 11 is 0. The van der Waals surface area contributed by atoms with Crippen LogP contribution in [0.1, 0.15) is 50.7 Å². The maximum atomic E-state index is 11.4. The smallest absolute Gasteiger partial charge is 0.305 e. The summed E-state index contributed by atoms with van der Waals surface area (Å²) in [4.78, 5) is 13.8. The van der Waals surface area contributed by atoms with Gasteiger partial charge in [0.1, 0.15) is 0 Å². The molecule has 1 heterocycles. The van der Waals surface area contributed by atoms with E-state index in [9.17, 15) is 9.90 Å². The Kier molecular flexibility index (Phi) is 4.81. The van der Waals surface area contributed by atoms with Crippen LogP contribution in [-0.4, -0.2) is 29.1 Å². The summed E-state index contributed by atoms with van der Waals surface area (Å²) < 4.78 is 0. The molecule has 0 radical (unpaired) electrons. The molecule has 2 rings (SSSR count). The fourth-order valence-electron chi connectivity index (χ4n) is 3.40. The lowest BCUT2D eigenvalue weighted by molar-refractivity contribution is -0.140. The number of nitrogens with zero attached hydrogens (tertiary/aromatic N) is 1. The van der Waals surface area contributed by atoms with Crippen LogP contribution in [0.3, 0.4) is 0 Å². The number of carboxylic acids is 1. The molecular weight excluding hydrogens is 250 g/mol. The average molecular weight is 275 g/mol. The molecule has 110 valence electrons. The normalized spacial score (nSPS) is 18.9. The van der Waals surface area contributed by atoms with Crippen molar-refractivity contribution in [2.45, 2.75) is 51.5 Å². The van der Waals surface area contributed by atoms with E-state index in [0.717, 1.165) is 31.5 Å².